The van der Waals surface area contributed by atoms with Gasteiger partial charge in [-0.05, 0) is 55.2 Å². The standard InChI is InChI=1S/C23H29ClN2O3S2/c1-18-6-11-21(31(28,29)26-13-4-2-3-5-14-26)16-22(18)23(27)25-12-15-30-17-19-7-9-20(24)10-8-19/h6-11,16H,2-5,12-15,17H2,1H3,(H,25,27). The molecule has 1 heterocycles. The first kappa shape index (κ1) is 24.1. The molecule has 5 nitrogen and oxygen atoms in total. The van der Waals surface area contributed by atoms with Gasteiger partial charge in [-0.15, -0.1) is 0 Å². The summed E-state index contributed by atoms with van der Waals surface area (Å²) in [5.41, 5.74) is 2.36. The summed E-state index contributed by atoms with van der Waals surface area (Å²) in [5.74, 6) is 1.37. The molecule has 0 bridgehead atoms. The van der Waals surface area contributed by atoms with Gasteiger partial charge in [-0.1, -0.05) is 42.6 Å². The van der Waals surface area contributed by atoms with E-state index in [1.807, 2.05) is 31.2 Å². The summed E-state index contributed by atoms with van der Waals surface area (Å²) in [6.45, 7) is 3.43. The van der Waals surface area contributed by atoms with Gasteiger partial charge in [0.2, 0.25) is 10.0 Å². The van der Waals surface area contributed by atoms with Gasteiger partial charge in [-0.25, -0.2) is 8.42 Å². The number of carbonyl (C=O) groups excluding carboxylic acids is 1. The molecule has 0 saturated carbocycles. The molecule has 3 rings (SSSR count). The molecule has 0 aliphatic carbocycles. The Morgan fingerprint density at radius 1 is 1.06 bits per heavy atom. The number of halogens is 1. The Morgan fingerprint density at radius 3 is 2.42 bits per heavy atom. The van der Waals surface area contributed by atoms with Crippen LogP contribution in [0.5, 0.6) is 0 Å². The Labute approximate surface area is 194 Å². The van der Waals surface area contributed by atoms with Crippen molar-refractivity contribution >= 4 is 39.3 Å². The van der Waals surface area contributed by atoms with Crippen LogP contribution in [-0.2, 0) is 15.8 Å². The molecular formula is C23H29ClN2O3S2. The summed E-state index contributed by atoms with van der Waals surface area (Å²) in [5, 5.41) is 3.63. The number of nitrogens with one attached hydrogen (secondary N) is 1. The molecule has 1 amide bonds. The van der Waals surface area contributed by atoms with E-state index in [2.05, 4.69) is 5.32 Å². The topological polar surface area (TPSA) is 66.5 Å². The molecule has 0 radical (unpaired) electrons. The van der Waals surface area contributed by atoms with E-state index in [9.17, 15) is 13.2 Å². The minimum Gasteiger partial charge on any atom is -0.351 e. The molecule has 8 heteroatoms. The number of thioether (sulfide) groups is 1. The van der Waals surface area contributed by atoms with Gasteiger partial charge in [-0.3, -0.25) is 4.79 Å². The quantitative estimate of drug-likeness (QED) is 0.547. The van der Waals surface area contributed by atoms with Crippen LogP contribution < -0.4 is 5.32 Å². The maximum absolute atomic E-state index is 13.1. The summed E-state index contributed by atoms with van der Waals surface area (Å²) in [7, 11) is -3.58. The van der Waals surface area contributed by atoms with Crippen molar-refractivity contribution < 1.29 is 13.2 Å². The molecule has 0 unspecified atom stereocenters. The Hall–Kier alpha value is -1.54. The van der Waals surface area contributed by atoms with Crippen LogP contribution in [0.15, 0.2) is 47.4 Å². The van der Waals surface area contributed by atoms with Gasteiger partial charge in [0.15, 0.2) is 0 Å². The SMILES string of the molecule is Cc1ccc(S(=O)(=O)N2CCCCCC2)cc1C(=O)NCCSCc1ccc(Cl)cc1. The smallest absolute Gasteiger partial charge is 0.251 e. The maximum atomic E-state index is 13.1. The van der Waals surface area contributed by atoms with E-state index in [0.29, 0.717) is 25.2 Å². The molecule has 1 N–H and O–H groups in total. The van der Waals surface area contributed by atoms with Crippen molar-refractivity contribution in [3.8, 4) is 0 Å². The van der Waals surface area contributed by atoms with E-state index < -0.39 is 10.0 Å². The van der Waals surface area contributed by atoms with Crippen LogP contribution in [0.4, 0.5) is 0 Å². The Balaban J connectivity index is 1.57. The summed E-state index contributed by atoms with van der Waals surface area (Å²) in [4.78, 5) is 12.9. The lowest BCUT2D eigenvalue weighted by atomic mass is 10.1. The number of amides is 1. The van der Waals surface area contributed by atoms with E-state index in [1.54, 1.807) is 28.2 Å². The number of benzene rings is 2. The molecule has 1 fully saturated rings. The first-order valence-electron chi connectivity index (χ1n) is 10.6. The van der Waals surface area contributed by atoms with Gasteiger partial charge in [0, 0.05) is 41.7 Å². The fourth-order valence-electron chi connectivity index (χ4n) is 3.54. The second-order valence-electron chi connectivity index (χ2n) is 7.73. The first-order valence-corrected chi connectivity index (χ1v) is 13.6. The van der Waals surface area contributed by atoms with Gasteiger partial charge in [0.05, 0.1) is 4.90 Å². The van der Waals surface area contributed by atoms with Gasteiger partial charge in [0.25, 0.3) is 5.91 Å². The van der Waals surface area contributed by atoms with E-state index in [4.69, 9.17) is 11.6 Å². The van der Waals surface area contributed by atoms with Gasteiger partial charge >= 0.3 is 0 Å². The molecule has 1 aliphatic heterocycles. The zero-order valence-corrected chi connectivity index (χ0v) is 20.2. The van der Waals surface area contributed by atoms with Crippen LogP contribution in [-0.4, -0.2) is 44.0 Å². The molecular weight excluding hydrogens is 452 g/mol. The minimum atomic E-state index is -3.58. The third kappa shape index (κ3) is 6.72. The minimum absolute atomic E-state index is 0.197. The lowest BCUT2D eigenvalue weighted by Gasteiger charge is -2.20. The number of hydrogen-bond donors (Lipinski definition) is 1. The number of aryl methyl sites for hydroxylation is 1. The number of nitrogens with zero attached hydrogens (tertiary/aromatic N) is 1. The van der Waals surface area contributed by atoms with Crippen molar-refractivity contribution in [2.75, 3.05) is 25.4 Å². The van der Waals surface area contributed by atoms with E-state index in [1.165, 1.54) is 11.6 Å². The fraction of sp³-hybridized carbons (Fsp3) is 0.435. The predicted octanol–water partition coefficient (Wildman–Crippen LogP) is 4.88. The zero-order valence-electron chi connectivity index (χ0n) is 17.8. The average molecular weight is 481 g/mol. The Kier molecular flexibility index (Phi) is 8.84. The third-order valence-corrected chi connectivity index (χ3v) is 8.55. The molecule has 0 aromatic heterocycles. The fourth-order valence-corrected chi connectivity index (χ4v) is 6.03. The number of hydrogen-bond acceptors (Lipinski definition) is 4. The van der Waals surface area contributed by atoms with E-state index in [0.717, 1.165) is 47.8 Å². The summed E-state index contributed by atoms with van der Waals surface area (Å²) in [6.07, 6.45) is 3.88. The van der Waals surface area contributed by atoms with E-state index >= 15 is 0 Å². The normalized spacial score (nSPS) is 15.4. The number of carbonyl (C=O) groups is 1. The van der Waals surface area contributed by atoms with Gasteiger partial charge < -0.3 is 5.32 Å². The van der Waals surface area contributed by atoms with Gasteiger partial charge in [0.1, 0.15) is 0 Å². The molecule has 0 atom stereocenters. The van der Waals surface area contributed by atoms with Gasteiger partial charge in [-0.2, -0.15) is 16.1 Å². The highest BCUT2D eigenvalue weighted by molar-refractivity contribution is 7.98. The third-order valence-electron chi connectivity index (χ3n) is 5.37. The lowest BCUT2D eigenvalue weighted by Crippen LogP contribution is -2.32. The molecule has 31 heavy (non-hydrogen) atoms. The van der Waals surface area contributed by atoms with Crippen LogP contribution in [0.2, 0.25) is 5.02 Å². The highest BCUT2D eigenvalue weighted by Crippen LogP contribution is 2.23. The van der Waals surface area contributed by atoms with Crippen LogP contribution in [0, 0.1) is 6.92 Å². The van der Waals surface area contributed by atoms with Crippen molar-refractivity contribution in [3.63, 3.8) is 0 Å². The molecule has 1 saturated heterocycles. The summed E-state index contributed by atoms with van der Waals surface area (Å²) < 4.78 is 27.7. The highest BCUT2D eigenvalue weighted by atomic mass is 35.5. The van der Waals surface area contributed by atoms with Crippen LogP contribution >= 0.6 is 23.4 Å². The number of sulfonamides is 1. The Morgan fingerprint density at radius 2 is 1.74 bits per heavy atom. The summed E-state index contributed by atoms with van der Waals surface area (Å²) >= 11 is 7.62. The average Bonchev–Trinajstić information content (AvgIpc) is 3.05. The van der Waals surface area contributed by atoms with Crippen molar-refractivity contribution in [3.05, 3.63) is 64.2 Å². The maximum Gasteiger partial charge on any atom is 0.251 e. The highest BCUT2D eigenvalue weighted by Gasteiger charge is 2.26. The zero-order chi connectivity index (χ0) is 22.3. The second kappa shape index (κ2) is 11.4. The Bertz CT molecular complexity index is 986. The molecule has 1 aliphatic rings. The largest absolute Gasteiger partial charge is 0.351 e. The molecule has 2 aromatic rings. The lowest BCUT2D eigenvalue weighted by molar-refractivity contribution is 0.0955. The first-order chi connectivity index (χ1) is 14.9. The molecule has 168 valence electrons. The second-order valence-corrected chi connectivity index (χ2v) is 11.2. The molecule has 0 spiro atoms. The van der Waals surface area contributed by atoms with Crippen LogP contribution in [0.25, 0.3) is 0 Å². The van der Waals surface area contributed by atoms with Crippen molar-refractivity contribution in [1.29, 1.82) is 0 Å². The van der Waals surface area contributed by atoms with Crippen LogP contribution in [0.3, 0.4) is 0 Å². The monoisotopic (exact) mass is 480 g/mol. The van der Waals surface area contributed by atoms with E-state index in [-0.39, 0.29) is 10.8 Å². The van der Waals surface area contributed by atoms with Crippen LogP contribution in [0.1, 0.15) is 47.2 Å². The predicted molar refractivity (Wildman–Crippen MR) is 128 cm³/mol. The van der Waals surface area contributed by atoms with Crippen molar-refractivity contribution in [1.82, 2.24) is 9.62 Å². The summed E-state index contributed by atoms with van der Waals surface area (Å²) in [6, 6.07) is 12.6. The molecule has 2 aromatic carbocycles. The number of rotatable bonds is 8. The van der Waals surface area contributed by atoms with Crippen molar-refractivity contribution in [2.24, 2.45) is 0 Å². The van der Waals surface area contributed by atoms with Crippen molar-refractivity contribution in [2.45, 2.75) is 43.3 Å².